The second kappa shape index (κ2) is 5.85. The topological polar surface area (TPSA) is 24.1 Å². The zero-order valence-electron chi connectivity index (χ0n) is 10.2. The Kier molecular flexibility index (Phi) is 4.74. The third-order valence-electron chi connectivity index (χ3n) is 2.72. The van der Waals surface area contributed by atoms with Crippen molar-refractivity contribution in [1.29, 1.82) is 0 Å². The summed E-state index contributed by atoms with van der Waals surface area (Å²) in [6.45, 7) is 7.54. The number of benzene rings is 1. The van der Waals surface area contributed by atoms with E-state index >= 15 is 0 Å². The van der Waals surface area contributed by atoms with Gasteiger partial charge < -0.3 is 10.6 Å². The third-order valence-corrected chi connectivity index (χ3v) is 2.96. The fourth-order valence-electron chi connectivity index (χ4n) is 1.14. The van der Waals surface area contributed by atoms with E-state index in [4.69, 9.17) is 12.2 Å². The number of hydrogen-bond acceptors (Lipinski definition) is 1. The molecule has 0 saturated heterocycles. The van der Waals surface area contributed by atoms with E-state index in [0.29, 0.717) is 5.11 Å². The molecule has 0 aliphatic rings. The average molecular weight is 236 g/mol. The van der Waals surface area contributed by atoms with E-state index in [1.54, 1.807) is 0 Å². The Morgan fingerprint density at radius 3 is 2.44 bits per heavy atom. The summed E-state index contributed by atoms with van der Waals surface area (Å²) in [4.78, 5) is 0. The molecule has 3 heteroatoms. The van der Waals surface area contributed by atoms with Crippen LogP contribution in [0.5, 0.6) is 0 Å². The number of thiocarbonyl (C=S) groups is 1. The highest BCUT2D eigenvalue weighted by Gasteiger charge is 2.14. The van der Waals surface area contributed by atoms with Crippen molar-refractivity contribution < 1.29 is 0 Å². The number of hydrogen-bond donors (Lipinski definition) is 2. The van der Waals surface area contributed by atoms with E-state index in [1.165, 1.54) is 0 Å². The predicted molar refractivity (Wildman–Crippen MR) is 74.7 cm³/mol. The number of rotatable bonds is 4. The van der Waals surface area contributed by atoms with Gasteiger partial charge in [-0.15, -0.1) is 0 Å². The molecule has 0 aliphatic heterocycles. The lowest BCUT2D eigenvalue weighted by Gasteiger charge is -2.24. The van der Waals surface area contributed by atoms with Gasteiger partial charge in [0.2, 0.25) is 0 Å². The Balaban J connectivity index is 2.38. The van der Waals surface area contributed by atoms with Crippen molar-refractivity contribution in [3.05, 3.63) is 30.3 Å². The van der Waals surface area contributed by atoms with Crippen LogP contribution in [0.3, 0.4) is 0 Å². The molecule has 0 unspecified atom stereocenters. The highest BCUT2D eigenvalue weighted by Crippen LogP contribution is 2.17. The first-order chi connectivity index (χ1) is 7.53. The summed E-state index contributed by atoms with van der Waals surface area (Å²) in [6.07, 6.45) is 1.13. The lowest BCUT2D eigenvalue weighted by molar-refractivity contribution is 0.350. The van der Waals surface area contributed by atoms with Crippen LogP contribution in [0, 0.1) is 5.41 Å². The Morgan fingerprint density at radius 1 is 1.25 bits per heavy atom. The molecular formula is C13H20N2S. The molecule has 0 aromatic heterocycles. The quantitative estimate of drug-likeness (QED) is 0.783. The zero-order chi connectivity index (χ0) is 12.0. The molecule has 0 saturated carbocycles. The summed E-state index contributed by atoms with van der Waals surface area (Å²) in [5.74, 6) is 0. The molecule has 0 spiro atoms. The van der Waals surface area contributed by atoms with Gasteiger partial charge in [-0.05, 0) is 36.2 Å². The SMILES string of the molecule is CCC(C)(C)CNC(=S)Nc1ccccc1. The van der Waals surface area contributed by atoms with E-state index in [9.17, 15) is 0 Å². The maximum Gasteiger partial charge on any atom is 0.170 e. The van der Waals surface area contributed by atoms with Crippen molar-refractivity contribution in [2.45, 2.75) is 27.2 Å². The van der Waals surface area contributed by atoms with Crippen molar-refractivity contribution in [2.75, 3.05) is 11.9 Å². The van der Waals surface area contributed by atoms with Crippen LogP contribution >= 0.6 is 12.2 Å². The highest BCUT2D eigenvalue weighted by atomic mass is 32.1. The monoisotopic (exact) mass is 236 g/mol. The van der Waals surface area contributed by atoms with Crippen molar-refractivity contribution in [1.82, 2.24) is 5.32 Å². The van der Waals surface area contributed by atoms with Gasteiger partial charge in [-0.3, -0.25) is 0 Å². The van der Waals surface area contributed by atoms with Gasteiger partial charge in [0.1, 0.15) is 0 Å². The van der Waals surface area contributed by atoms with Crippen LogP contribution in [0.4, 0.5) is 5.69 Å². The summed E-state index contributed by atoms with van der Waals surface area (Å²) in [5, 5.41) is 7.09. The van der Waals surface area contributed by atoms with Gasteiger partial charge in [0.15, 0.2) is 5.11 Å². The summed E-state index contributed by atoms with van der Waals surface area (Å²) in [5.41, 5.74) is 1.30. The van der Waals surface area contributed by atoms with Crippen molar-refractivity contribution in [2.24, 2.45) is 5.41 Å². The van der Waals surface area contributed by atoms with Crippen LogP contribution < -0.4 is 10.6 Å². The first kappa shape index (κ1) is 13.0. The molecule has 1 rings (SSSR count). The van der Waals surface area contributed by atoms with E-state index < -0.39 is 0 Å². The van der Waals surface area contributed by atoms with Crippen molar-refractivity contribution in [3.63, 3.8) is 0 Å². The first-order valence-corrected chi connectivity index (χ1v) is 6.04. The van der Waals surface area contributed by atoms with Gasteiger partial charge in [0, 0.05) is 12.2 Å². The average Bonchev–Trinajstić information content (AvgIpc) is 2.28. The second-order valence-corrected chi connectivity index (χ2v) is 5.10. The molecule has 2 nitrogen and oxygen atoms in total. The Morgan fingerprint density at radius 2 is 1.88 bits per heavy atom. The number of para-hydroxylation sites is 1. The van der Waals surface area contributed by atoms with E-state index in [-0.39, 0.29) is 5.41 Å². The molecule has 88 valence electrons. The minimum Gasteiger partial charge on any atom is -0.362 e. The van der Waals surface area contributed by atoms with Crippen LogP contribution in [-0.4, -0.2) is 11.7 Å². The van der Waals surface area contributed by atoms with Gasteiger partial charge in [0.05, 0.1) is 0 Å². The number of nitrogens with one attached hydrogen (secondary N) is 2. The van der Waals surface area contributed by atoms with Crippen LogP contribution in [0.15, 0.2) is 30.3 Å². The predicted octanol–water partition coefficient (Wildman–Crippen LogP) is 3.41. The Labute approximate surface area is 103 Å². The summed E-state index contributed by atoms with van der Waals surface area (Å²) in [6, 6.07) is 9.96. The first-order valence-electron chi connectivity index (χ1n) is 5.63. The molecular weight excluding hydrogens is 216 g/mol. The van der Waals surface area contributed by atoms with Gasteiger partial charge in [0.25, 0.3) is 0 Å². The normalized spacial score (nSPS) is 10.9. The van der Waals surface area contributed by atoms with Crippen LogP contribution in [0.2, 0.25) is 0 Å². The standard InChI is InChI=1S/C13H20N2S/c1-4-13(2,3)10-14-12(16)15-11-8-6-5-7-9-11/h5-9H,4,10H2,1-3H3,(H2,14,15,16). The second-order valence-electron chi connectivity index (χ2n) is 4.69. The van der Waals surface area contributed by atoms with Gasteiger partial charge in [-0.1, -0.05) is 39.0 Å². The molecule has 0 fully saturated rings. The Bertz CT molecular complexity index is 333. The molecule has 0 aliphatic carbocycles. The molecule has 2 N–H and O–H groups in total. The molecule has 0 heterocycles. The minimum atomic E-state index is 0.280. The van der Waals surface area contributed by atoms with Crippen LogP contribution in [0.25, 0.3) is 0 Å². The van der Waals surface area contributed by atoms with Crippen LogP contribution in [-0.2, 0) is 0 Å². The highest BCUT2D eigenvalue weighted by molar-refractivity contribution is 7.80. The maximum atomic E-state index is 5.23. The summed E-state index contributed by atoms with van der Waals surface area (Å²) in [7, 11) is 0. The lowest BCUT2D eigenvalue weighted by Crippen LogP contribution is -2.36. The molecule has 0 bridgehead atoms. The van der Waals surface area contributed by atoms with E-state index in [1.807, 2.05) is 30.3 Å². The maximum absolute atomic E-state index is 5.23. The summed E-state index contributed by atoms with van der Waals surface area (Å²) < 4.78 is 0. The fourth-order valence-corrected chi connectivity index (χ4v) is 1.33. The fraction of sp³-hybridized carbons (Fsp3) is 0.462. The molecule has 0 amide bonds. The Hall–Kier alpha value is -1.09. The summed E-state index contributed by atoms with van der Waals surface area (Å²) >= 11 is 5.23. The van der Waals surface area contributed by atoms with Gasteiger partial charge in [-0.2, -0.15) is 0 Å². The largest absolute Gasteiger partial charge is 0.362 e. The lowest BCUT2D eigenvalue weighted by atomic mass is 9.90. The smallest absolute Gasteiger partial charge is 0.170 e. The van der Waals surface area contributed by atoms with E-state index in [0.717, 1.165) is 18.7 Å². The molecule has 1 aromatic carbocycles. The van der Waals surface area contributed by atoms with Gasteiger partial charge >= 0.3 is 0 Å². The molecule has 0 radical (unpaired) electrons. The molecule has 16 heavy (non-hydrogen) atoms. The third kappa shape index (κ3) is 4.62. The zero-order valence-corrected chi connectivity index (χ0v) is 11.0. The van der Waals surface area contributed by atoms with Crippen LogP contribution in [0.1, 0.15) is 27.2 Å². The van der Waals surface area contributed by atoms with E-state index in [2.05, 4.69) is 31.4 Å². The minimum absolute atomic E-state index is 0.280. The van der Waals surface area contributed by atoms with Gasteiger partial charge in [-0.25, -0.2) is 0 Å². The number of anilines is 1. The molecule has 1 aromatic rings. The molecule has 0 atom stereocenters. The van der Waals surface area contributed by atoms with Crippen molar-refractivity contribution >= 4 is 23.0 Å². The van der Waals surface area contributed by atoms with Crippen molar-refractivity contribution in [3.8, 4) is 0 Å².